The van der Waals surface area contributed by atoms with Gasteiger partial charge in [0.05, 0.1) is 11.2 Å². The van der Waals surface area contributed by atoms with Crippen molar-refractivity contribution in [2.24, 2.45) is 5.73 Å². The van der Waals surface area contributed by atoms with Crippen molar-refractivity contribution in [2.45, 2.75) is 52.1 Å². The molecule has 0 radical (unpaired) electrons. The van der Waals surface area contributed by atoms with Crippen LogP contribution in [-0.2, 0) is 11.2 Å². The molecule has 2 rings (SSSR count). The molecule has 3 heteroatoms. The Bertz CT molecular complexity index is 479. The first-order valence-electron chi connectivity index (χ1n) is 6.56. The van der Waals surface area contributed by atoms with E-state index in [1.807, 2.05) is 11.0 Å². The van der Waals surface area contributed by atoms with E-state index in [0.29, 0.717) is 6.42 Å². The predicted molar refractivity (Wildman–Crippen MR) is 74.7 cm³/mol. The molecule has 1 saturated heterocycles. The Kier molecular flexibility index (Phi) is 3.20. The second-order valence-corrected chi connectivity index (χ2v) is 5.63. The minimum Gasteiger partial charge on any atom is -0.325 e. The van der Waals surface area contributed by atoms with E-state index < -0.39 is 0 Å². The Labute approximate surface area is 109 Å². The van der Waals surface area contributed by atoms with Gasteiger partial charge in [0.1, 0.15) is 0 Å². The molecule has 18 heavy (non-hydrogen) atoms. The van der Waals surface area contributed by atoms with Gasteiger partial charge in [0, 0.05) is 12.5 Å². The molecule has 2 N–H and O–H groups in total. The molecule has 0 spiro atoms. The molecule has 1 aromatic carbocycles. The summed E-state index contributed by atoms with van der Waals surface area (Å²) in [5.74, 6) is 0.136. The number of hydrogen-bond acceptors (Lipinski definition) is 2. The standard InChI is InChI=1S/C15H22N2O/c1-5-11-8-6-7-10(2)14(11)17-13(18)9-12(16)15(17,3)4/h6-8,12H,5,9,16H2,1-4H3. The monoisotopic (exact) mass is 246 g/mol. The molecule has 0 saturated carbocycles. The molecule has 98 valence electrons. The number of amides is 1. The lowest BCUT2D eigenvalue weighted by Gasteiger charge is -2.36. The maximum absolute atomic E-state index is 12.3. The average Bonchev–Trinajstić information content (AvgIpc) is 2.49. The first kappa shape index (κ1) is 13.1. The lowest BCUT2D eigenvalue weighted by Crippen LogP contribution is -2.50. The van der Waals surface area contributed by atoms with E-state index in [9.17, 15) is 4.79 Å². The van der Waals surface area contributed by atoms with Crippen LogP contribution in [-0.4, -0.2) is 17.5 Å². The number of aryl methyl sites for hydroxylation is 2. The van der Waals surface area contributed by atoms with Crippen LogP contribution in [0, 0.1) is 6.92 Å². The molecule has 1 heterocycles. The van der Waals surface area contributed by atoms with Crippen LogP contribution in [0.2, 0.25) is 0 Å². The van der Waals surface area contributed by atoms with E-state index >= 15 is 0 Å². The highest BCUT2D eigenvalue weighted by atomic mass is 16.2. The van der Waals surface area contributed by atoms with Crippen LogP contribution in [0.25, 0.3) is 0 Å². The number of benzene rings is 1. The van der Waals surface area contributed by atoms with Gasteiger partial charge in [0.25, 0.3) is 0 Å². The van der Waals surface area contributed by atoms with Gasteiger partial charge in [-0.1, -0.05) is 25.1 Å². The Hall–Kier alpha value is -1.35. The van der Waals surface area contributed by atoms with Crippen molar-refractivity contribution in [3.8, 4) is 0 Å². The van der Waals surface area contributed by atoms with Crippen molar-refractivity contribution in [1.82, 2.24) is 0 Å². The molecule has 1 unspecified atom stereocenters. The van der Waals surface area contributed by atoms with Crippen molar-refractivity contribution >= 4 is 11.6 Å². The summed E-state index contributed by atoms with van der Waals surface area (Å²) < 4.78 is 0. The molecule has 0 bridgehead atoms. The fourth-order valence-corrected chi connectivity index (χ4v) is 2.75. The molecular formula is C15H22N2O. The third-order valence-electron chi connectivity index (χ3n) is 4.05. The number of carbonyl (C=O) groups excluding carboxylic acids is 1. The zero-order valence-electron chi connectivity index (χ0n) is 11.7. The van der Waals surface area contributed by atoms with Crippen molar-refractivity contribution in [2.75, 3.05) is 4.90 Å². The van der Waals surface area contributed by atoms with Crippen LogP contribution in [0.4, 0.5) is 5.69 Å². The van der Waals surface area contributed by atoms with Crippen LogP contribution < -0.4 is 10.6 Å². The number of para-hydroxylation sites is 1. The summed E-state index contributed by atoms with van der Waals surface area (Å²) >= 11 is 0. The first-order valence-corrected chi connectivity index (χ1v) is 6.56. The van der Waals surface area contributed by atoms with E-state index in [-0.39, 0.29) is 17.5 Å². The van der Waals surface area contributed by atoms with Gasteiger partial charge in [-0.2, -0.15) is 0 Å². The van der Waals surface area contributed by atoms with Gasteiger partial charge in [-0.3, -0.25) is 4.79 Å². The second-order valence-electron chi connectivity index (χ2n) is 5.63. The summed E-state index contributed by atoms with van der Waals surface area (Å²) in [7, 11) is 0. The highest BCUT2D eigenvalue weighted by molar-refractivity contribution is 5.99. The maximum atomic E-state index is 12.3. The lowest BCUT2D eigenvalue weighted by molar-refractivity contribution is -0.117. The van der Waals surface area contributed by atoms with Crippen molar-refractivity contribution in [3.63, 3.8) is 0 Å². The summed E-state index contributed by atoms with van der Waals surface area (Å²) in [4.78, 5) is 14.2. The van der Waals surface area contributed by atoms with Gasteiger partial charge < -0.3 is 10.6 Å². The first-order chi connectivity index (χ1) is 8.39. The van der Waals surface area contributed by atoms with E-state index in [2.05, 4.69) is 39.8 Å². The Morgan fingerprint density at radius 2 is 2.11 bits per heavy atom. The summed E-state index contributed by atoms with van der Waals surface area (Å²) in [6.45, 7) is 8.27. The number of carbonyl (C=O) groups is 1. The topological polar surface area (TPSA) is 46.3 Å². The van der Waals surface area contributed by atoms with Crippen LogP contribution in [0.1, 0.15) is 38.3 Å². The van der Waals surface area contributed by atoms with E-state index in [4.69, 9.17) is 5.73 Å². The number of nitrogens with zero attached hydrogens (tertiary/aromatic N) is 1. The van der Waals surface area contributed by atoms with E-state index in [0.717, 1.165) is 17.7 Å². The van der Waals surface area contributed by atoms with Gasteiger partial charge >= 0.3 is 0 Å². The highest BCUT2D eigenvalue weighted by Crippen LogP contribution is 2.38. The minimum atomic E-state index is -0.312. The highest BCUT2D eigenvalue weighted by Gasteiger charge is 2.45. The number of nitrogens with two attached hydrogens (primary N) is 1. The predicted octanol–water partition coefficient (Wildman–Crippen LogP) is 2.40. The Morgan fingerprint density at radius 1 is 1.44 bits per heavy atom. The molecule has 0 aliphatic carbocycles. The van der Waals surface area contributed by atoms with Crippen molar-refractivity contribution < 1.29 is 4.79 Å². The van der Waals surface area contributed by atoms with Crippen LogP contribution in [0.5, 0.6) is 0 Å². The molecule has 1 fully saturated rings. The van der Waals surface area contributed by atoms with Gasteiger partial charge in [0.2, 0.25) is 5.91 Å². The number of rotatable bonds is 2. The minimum absolute atomic E-state index is 0.102. The average molecular weight is 246 g/mol. The van der Waals surface area contributed by atoms with E-state index in [1.165, 1.54) is 5.56 Å². The van der Waals surface area contributed by atoms with Gasteiger partial charge in [-0.05, 0) is 38.3 Å². The molecule has 1 amide bonds. The van der Waals surface area contributed by atoms with Crippen LogP contribution >= 0.6 is 0 Å². The van der Waals surface area contributed by atoms with E-state index in [1.54, 1.807) is 0 Å². The third-order valence-corrected chi connectivity index (χ3v) is 4.05. The van der Waals surface area contributed by atoms with Crippen LogP contribution in [0.3, 0.4) is 0 Å². The smallest absolute Gasteiger partial charge is 0.229 e. The summed E-state index contributed by atoms with van der Waals surface area (Å²) in [5.41, 5.74) is 9.21. The summed E-state index contributed by atoms with van der Waals surface area (Å²) in [6.07, 6.45) is 1.36. The largest absolute Gasteiger partial charge is 0.325 e. The van der Waals surface area contributed by atoms with Crippen molar-refractivity contribution in [1.29, 1.82) is 0 Å². The van der Waals surface area contributed by atoms with Gasteiger partial charge in [-0.25, -0.2) is 0 Å². The zero-order valence-corrected chi connectivity index (χ0v) is 11.7. The Balaban J connectivity index is 2.58. The molecular weight excluding hydrogens is 224 g/mol. The maximum Gasteiger partial charge on any atom is 0.229 e. The molecule has 0 aromatic heterocycles. The quantitative estimate of drug-likeness (QED) is 0.871. The molecule has 1 aliphatic rings. The fraction of sp³-hybridized carbons (Fsp3) is 0.533. The third kappa shape index (κ3) is 1.83. The molecule has 1 aliphatic heterocycles. The Morgan fingerprint density at radius 3 is 2.61 bits per heavy atom. The summed E-state index contributed by atoms with van der Waals surface area (Å²) in [5, 5.41) is 0. The summed E-state index contributed by atoms with van der Waals surface area (Å²) in [6, 6.07) is 6.09. The number of anilines is 1. The van der Waals surface area contributed by atoms with Crippen molar-refractivity contribution in [3.05, 3.63) is 29.3 Å². The van der Waals surface area contributed by atoms with Crippen LogP contribution in [0.15, 0.2) is 18.2 Å². The molecule has 3 nitrogen and oxygen atoms in total. The number of hydrogen-bond donors (Lipinski definition) is 1. The second kappa shape index (κ2) is 4.39. The van der Waals surface area contributed by atoms with Gasteiger partial charge in [-0.15, -0.1) is 0 Å². The van der Waals surface area contributed by atoms with Gasteiger partial charge in [0.15, 0.2) is 0 Å². The molecule has 1 aromatic rings. The zero-order chi connectivity index (χ0) is 13.5. The molecule has 1 atom stereocenters. The fourth-order valence-electron chi connectivity index (χ4n) is 2.75. The SMILES string of the molecule is CCc1cccc(C)c1N1C(=O)CC(N)C1(C)C. The lowest BCUT2D eigenvalue weighted by atomic mass is 9.94. The normalized spacial score (nSPS) is 22.6.